The van der Waals surface area contributed by atoms with E-state index in [-0.39, 0.29) is 11.5 Å². The quantitative estimate of drug-likeness (QED) is 0.187. The van der Waals surface area contributed by atoms with E-state index in [1.807, 2.05) is 6.26 Å². The van der Waals surface area contributed by atoms with E-state index >= 15 is 0 Å². The maximum absolute atomic E-state index is 12.4. The Kier molecular flexibility index (Phi) is 12.6. The average Bonchev–Trinajstić information content (AvgIpc) is 2.59. The van der Waals surface area contributed by atoms with Crippen LogP contribution in [0.25, 0.3) is 0 Å². The fourth-order valence-corrected chi connectivity index (χ4v) is 2.71. The number of aliphatic carboxylic acids is 1. The molecule has 0 saturated carbocycles. The Balaban J connectivity index is 5.00. The lowest BCUT2D eigenvalue weighted by molar-refractivity contribution is -0.141. The van der Waals surface area contributed by atoms with E-state index in [1.165, 1.54) is 18.7 Å². The number of carbonyl (C=O) groups is 4. The molecule has 4 unspecified atom stereocenters. The van der Waals surface area contributed by atoms with Crippen LogP contribution < -0.4 is 21.7 Å². The van der Waals surface area contributed by atoms with Crippen LogP contribution in [-0.4, -0.2) is 76.5 Å². The van der Waals surface area contributed by atoms with Crippen molar-refractivity contribution in [2.24, 2.45) is 5.73 Å². The van der Waals surface area contributed by atoms with Gasteiger partial charge < -0.3 is 26.8 Å². The summed E-state index contributed by atoms with van der Waals surface area (Å²) in [6.07, 6.45) is 2.20. The SMILES string of the molecule is CSCCC(NC(=O)C(C)N)C(=O)NC(CS)C(=O)NC(CS)C(=O)O. The Morgan fingerprint density at radius 1 is 0.962 bits per heavy atom. The van der Waals surface area contributed by atoms with Crippen LogP contribution >= 0.6 is 37.0 Å². The molecule has 3 amide bonds. The van der Waals surface area contributed by atoms with Crippen LogP contribution in [-0.2, 0) is 19.2 Å². The summed E-state index contributed by atoms with van der Waals surface area (Å²) < 4.78 is 0. The van der Waals surface area contributed by atoms with E-state index in [4.69, 9.17) is 10.8 Å². The Labute approximate surface area is 167 Å². The number of carbonyl (C=O) groups excluding carboxylic acids is 3. The van der Waals surface area contributed by atoms with Gasteiger partial charge in [0.1, 0.15) is 18.1 Å². The van der Waals surface area contributed by atoms with E-state index in [2.05, 4.69) is 41.2 Å². The first-order valence-corrected chi connectivity index (χ1v) is 10.4. The van der Waals surface area contributed by atoms with Crippen LogP contribution in [0.4, 0.5) is 0 Å². The lowest BCUT2D eigenvalue weighted by Crippen LogP contribution is -2.57. The van der Waals surface area contributed by atoms with E-state index in [1.54, 1.807) is 0 Å². The van der Waals surface area contributed by atoms with Gasteiger partial charge in [0.05, 0.1) is 6.04 Å². The molecule has 150 valence electrons. The maximum Gasteiger partial charge on any atom is 0.327 e. The highest BCUT2D eigenvalue weighted by atomic mass is 32.2. The summed E-state index contributed by atoms with van der Waals surface area (Å²) in [7, 11) is 0. The van der Waals surface area contributed by atoms with E-state index in [9.17, 15) is 19.2 Å². The van der Waals surface area contributed by atoms with Gasteiger partial charge in [0, 0.05) is 11.5 Å². The first-order valence-electron chi connectivity index (χ1n) is 7.78. The van der Waals surface area contributed by atoms with Crippen LogP contribution in [0.2, 0.25) is 0 Å². The molecule has 0 aromatic rings. The zero-order chi connectivity index (χ0) is 20.3. The van der Waals surface area contributed by atoms with Gasteiger partial charge in [0.15, 0.2) is 0 Å². The lowest BCUT2D eigenvalue weighted by Gasteiger charge is -2.23. The van der Waals surface area contributed by atoms with Crippen LogP contribution in [0.5, 0.6) is 0 Å². The van der Waals surface area contributed by atoms with Gasteiger partial charge in [-0.1, -0.05) is 0 Å². The highest BCUT2D eigenvalue weighted by Crippen LogP contribution is 2.03. The van der Waals surface area contributed by atoms with Crippen molar-refractivity contribution in [2.45, 2.75) is 37.5 Å². The number of carboxylic acid groups (broad SMARTS) is 1. The highest BCUT2D eigenvalue weighted by Gasteiger charge is 2.28. The average molecular weight is 427 g/mol. The second kappa shape index (κ2) is 13.1. The fraction of sp³-hybridized carbons (Fsp3) is 0.714. The van der Waals surface area contributed by atoms with Crippen molar-refractivity contribution in [3.63, 3.8) is 0 Å². The molecule has 0 spiro atoms. The van der Waals surface area contributed by atoms with Crippen molar-refractivity contribution in [3.8, 4) is 0 Å². The van der Waals surface area contributed by atoms with E-state index < -0.39 is 47.9 Å². The number of nitrogens with one attached hydrogen (secondary N) is 3. The van der Waals surface area contributed by atoms with Crippen molar-refractivity contribution >= 4 is 60.7 Å². The molecule has 0 aliphatic heterocycles. The molecule has 0 heterocycles. The largest absolute Gasteiger partial charge is 0.480 e. The summed E-state index contributed by atoms with van der Waals surface area (Å²) in [6, 6.07) is -3.89. The molecule has 12 heteroatoms. The van der Waals surface area contributed by atoms with Crippen molar-refractivity contribution in [3.05, 3.63) is 0 Å². The van der Waals surface area contributed by atoms with Gasteiger partial charge >= 0.3 is 5.97 Å². The molecule has 4 atom stereocenters. The number of amides is 3. The third-order valence-electron chi connectivity index (χ3n) is 3.27. The molecular formula is C14H26N4O5S3. The van der Waals surface area contributed by atoms with Gasteiger partial charge in [-0.05, 0) is 25.4 Å². The molecule has 0 bridgehead atoms. The Morgan fingerprint density at radius 3 is 1.85 bits per heavy atom. The van der Waals surface area contributed by atoms with Crippen molar-refractivity contribution in [1.82, 2.24) is 16.0 Å². The van der Waals surface area contributed by atoms with Crippen LogP contribution in [0.3, 0.4) is 0 Å². The van der Waals surface area contributed by atoms with Crippen molar-refractivity contribution in [2.75, 3.05) is 23.5 Å². The molecule has 0 aromatic heterocycles. The zero-order valence-corrected chi connectivity index (χ0v) is 17.2. The smallest absolute Gasteiger partial charge is 0.327 e. The highest BCUT2D eigenvalue weighted by molar-refractivity contribution is 7.98. The van der Waals surface area contributed by atoms with Crippen LogP contribution in [0, 0.1) is 0 Å². The molecule has 26 heavy (non-hydrogen) atoms. The third-order valence-corrected chi connectivity index (χ3v) is 4.64. The predicted molar refractivity (Wildman–Crippen MR) is 108 cm³/mol. The monoisotopic (exact) mass is 426 g/mol. The minimum Gasteiger partial charge on any atom is -0.480 e. The number of hydrogen-bond donors (Lipinski definition) is 7. The number of thiol groups is 2. The molecule has 6 N–H and O–H groups in total. The number of carboxylic acids is 1. The molecule has 9 nitrogen and oxygen atoms in total. The summed E-state index contributed by atoms with van der Waals surface area (Å²) in [6.45, 7) is 1.49. The van der Waals surface area contributed by atoms with Gasteiger partial charge in [-0.15, -0.1) is 0 Å². The number of nitrogens with two attached hydrogens (primary N) is 1. The van der Waals surface area contributed by atoms with Gasteiger partial charge in [-0.3, -0.25) is 14.4 Å². The number of thioether (sulfide) groups is 1. The topological polar surface area (TPSA) is 151 Å². The van der Waals surface area contributed by atoms with E-state index in [0.29, 0.717) is 12.2 Å². The summed E-state index contributed by atoms with van der Waals surface area (Å²) in [5.74, 6) is -2.53. The number of rotatable bonds is 12. The standard InChI is InChI=1S/C14H26N4O5S3/c1-7(15)11(19)16-8(3-4-26-2)12(20)17-9(5-24)13(21)18-10(6-25)14(22)23/h7-10,24-25H,3-6,15H2,1-2H3,(H,16,19)(H,17,20)(H,18,21)(H,22,23). The minimum atomic E-state index is -1.24. The second-order valence-corrected chi connectivity index (χ2v) is 7.17. The van der Waals surface area contributed by atoms with Crippen molar-refractivity contribution in [1.29, 1.82) is 0 Å². The normalized spacial score (nSPS) is 15.3. The molecule has 0 fully saturated rings. The zero-order valence-electron chi connectivity index (χ0n) is 14.6. The van der Waals surface area contributed by atoms with Gasteiger partial charge in [0.25, 0.3) is 0 Å². The molecule has 0 rings (SSSR count). The third kappa shape index (κ3) is 9.01. The lowest BCUT2D eigenvalue weighted by atomic mass is 10.1. The molecule has 0 aliphatic rings. The first-order chi connectivity index (χ1) is 12.2. The summed E-state index contributed by atoms with van der Waals surface area (Å²) in [5, 5.41) is 16.3. The van der Waals surface area contributed by atoms with Crippen molar-refractivity contribution < 1.29 is 24.3 Å². The van der Waals surface area contributed by atoms with Gasteiger partial charge in [0.2, 0.25) is 17.7 Å². The Hall–Kier alpha value is -1.11. The van der Waals surface area contributed by atoms with Crippen LogP contribution in [0.15, 0.2) is 0 Å². The summed E-state index contributed by atoms with van der Waals surface area (Å²) >= 11 is 9.38. The molecular weight excluding hydrogens is 400 g/mol. The summed E-state index contributed by atoms with van der Waals surface area (Å²) in [4.78, 5) is 47.4. The number of hydrogen-bond acceptors (Lipinski definition) is 8. The van der Waals surface area contributed by atoms with Crippen LogP contribution in [0.1, 0.15) is 13.3 Å². The second-order valence-electron chi connectivity index (χ2n) is 5.46. The van der Waals surface area contributed by atoms with E-state index in [0.717, 1.165) is 0 Å². The minimum absolute atomic E-state index is 0.0486. The molecule has 0 aliphatic carbocycles. The Bertz CT molecular complexity index is 507. The Morgan fingerprint density at radius 2 is 1.42 bits per heavy atom. The van der Waals surface area contributed by atoms with Gasteiger partial charge in [-0.2, -0.15) is 37.0 Å². The molecule has 0 radical (unpaired) electrons. The summed E-state index contributed by atoms with van der Waals surface area (Å²) in [5.41, 5.74) is 5.50. The van der Waals surface area contributed by atoms with Gasteiger partial charge in [-0.25, -0.2) is 4.79 Å². The maximum atomic E-state index is 12.4. The predicted octanol–water partition coefficient (Wildman–Crippen LogP) is -1.51. The molecule has 0 saturated heterocycles. The molecule has 0 aromatic carbocycles. The first kappa shape index (κ1) is 24.9. The fourth-order valence-electron chi connectivity index (χ4n) is 1.73.